The Balaban J connectivity index is 1.43. The van der Waals surface area contributed by atoms with Crippen LogP contribution in [-0.4, -0.2) is 47.0 Å². The summed E-state index contributed by atoms with van der Waals surface area (Å²) in [7, 11) is 1.62. The molecule has 1 aromatic heterocycles. The highest BCUT2D eigenvalue weighted by atomic mass is 16.5. The van der Waals surface area contributed by atoms with Crippen molar-refractivity contribution < 1.29 is 14.1 Å². The first-order valence-corrected chi connectivity index (χ1v) is 7.99. The molecule has 0 radical (unpaired) electrons. The summed E-state index contributed by atoms with van der Waals surface area (Å²) in [5, 5.41) is 6.64. The molecule has 2 heterocycles. The number of aromatic nitrogens is 2. The highest BCUT2D eigenvalue weighted by molar-refractivity contribution is 5.84. The average Bonchev–Trinajstić information content (AvgIpc) is 3.13. The van der Waals surface area contributed by atoms with Gasteiger partial charge in [-0.05, 0) is 12.8 Å². The molecule has 3 rings (SSSR count). The van der Waals surface area contributed by atoms with Crippen molar-refractivity contribution in [3.05, 3.63) is 11.7 Å². The third-order valence-corrected chi connectivity index (χ3v) is 4.61. The summed E-state index contributed by atoms with van der Waals surface area (Å²) in [5.41, 5.74) is 0. The zero-order valence-electron chi connectivity index (χ0n) is 12.9. The molecule has 2 aliphatic rings. The van der Waals surface area contributed by atoms with Gasteiger partial charge in [0, 0.05) is 38.9 Å². The van der Waals surface area contributed by atoms with Gasteiger partial charge in [-0.25, -0.2) is 0 Å². The maximum absolute atomic E-state index is 12.0. The van der Waals surface area contributed by atoms with E-state index in [1.165, 1.54) is 12.8 Å². The van der Waals surface area contributed by atoms with Crippen molar-refractivity contribution in [2.45, 2.75) is 44.4 Å². The van der Waals surface area contributed by atoms with Crippen LogP contribution in [0.3, 0.4) is 0 Å². The summed E-state index contributed by atoms with van der Waals surface area (Å²) in [6.45, 7) is 1.02. The number of aryl methyl sites for hydroxylation is 1. The van der Waals surface area contributed by atoms with E-state index < -0.39 is 0 Å². The van der Waals surface area contributed by atoms with Gasteiger partial charge in [0.25, 0.3) is 0 Å². The minimum Gasteiger partial charge on any atom is -0.359 e. The van der Waals surface area contributed by atoms with Crippen molar-refractivity contribution >= 4 is 11.8 Å². The molecule has 1 saturated heterocycles. The number of nitrogens with zero attached hydrogens (tertiary/aromatic N) is 3. The predicted molar refractivity (Wildman–Crippen MR) is 78.0 cm³/mol. The number of carbonyl (C=O) groups is 2. The largest absolute Gasteiger partial charge is 0.359 e. The molecule has 2 fully saturated rings. The highest BCUT2D eigenvalue weighted by Gasteiger charge is 2.34. The lowest BCUT2D eigenvalue weighted by molar-refractivity contribution is -0.142. The smallest absolute Gasteiger partial charge is 0.227 e. The van der Waals surface area contributed by atoms with Crippen LogP contribution in [-0.2, 0) is 16.0 Å². The summed E-state index contributed by atoms with van der Waals surface area (Å²) in [4.78, 5) is 29.5. The Hall–Kier alpha value is -1.92. The number of nitrogens with one attached hydrogen (secondary N) is 1. The molecule has 1 N–H and O–H groups in total. The summed E-state index contributed by atoms with van der Waals surface area (Å²) in [6, 6.07) is 0. The normalized spacial score (nSPS) is 19.2. The first-order valence-electron chi connectivity index (χ1n) is 7.99. The maximum Gasteiger partial charge on any atom is 0.227 e. The summed E-state index contributed by atoms with van der Waals surface area (Å²) in [5.74, 6) is 1.74. The van der Waals surface area contributed by atoms with Crippen LogP contribution < -0.4 is 5.32 Å². The lowest BCUT2D eigenvalue weighted by Crippen LogP contribution is -2.55. The third-order valence-electron chi connectivity index (χ3n) is 4.61. The van der Waals surface area contributed by atoms with Gasteiger partial charge < -0.3 is 14.7 Å². The second-order valence-electron chi connectivity index (χ2n) is 6.14. The number of hydrogen-bond acceptors (Lipinski definition) is 5. The molecular formula is C15H22N4O3. The van der Waals surface area contributed by atoms with Gasteiger partial charge in [0.1, 0.15) is 0 Å². The summed E-state index contributed by atoms with van der Waals surface area (Å²) < 4.78 is 5.24. The first kappa shape index (κ1) is 15.0. The number of likely N-dealkylation sites (tertiary alicyclic amines) is 1. The van der Waals surface area contributed by atoms with Crippen molar-refractivity contribution in [1.29, 1.82) is 0 Å². The van der Waals surface area contributed by atoms with Crippen molar-refractivity contribution in [2.24, 2.45) is 5.92 Å². The topological polar surface area (TPSA) is 88.3 Å². The van der Waals surface area contributed by atoms with E-state index in [-0.39, 0.29) is 17.7 Å². The minimum absolute atomic E-state index is 0.00200. The zero-order chi connectivity index (χ0) is 15.5. The molecule has 0 atom stereocenters. The van der Waals surface area contributed by atoms with Crippen molar-refractivity contribution in [2.75, 3.05) is 20.1 Å². The highest BCUT2D eigenvalue weighted by Crippen LogP contribution is 2.32. The van der Waals surface area contributed by atoms with Crippen LogP contribution >= 0.6 is 0 Å². The van der Waals surface area contributed by atoms with E-state index in [1.807, 2.05) is 0 Å². The SMILES string of the molecule is CNC(=O)C1CN(C(=O)CCc2nc(C3CCCC3)no2)C1. The maximum atomic E-state index is 12.0. The van der Waals surface area contributed by atoms with Gasteiger partial charge in [-0.3, -0.25) is 9.59 Å². The van der Waals surface area contributed by atoms with Crippen LogP contribution in [0.15, 0.2) is 4.52 Å². The van der Waals surface area contributed by atoms with E-state index in [2.05, 4.69) is 15.5 Å². The van der Waals surface area contributed by atoms with E-state index >= 15 is 0 Å². The Kier molecular flexibility index (Phi) is 4.40. The molecule has 22 heavy (non-hydrogen) atoms. The number of hydrogen-bond donors (Lipinski definition) is 1. The van der Waals surface area contributed by atoms with Crippen LogP contribution in [0.25, 0.3) is 0 Å². The van der Waals surface area contributed by atoms with Crippen LogP contribution in [0.2, 0.25) is 0 Å². The molecule has 0 unspecified atom stereocenters. The Bertz CT molecular complexity index is 545. The van der Waals surface area contributed by atoms with E-state index in [9.17, 15) is 9.59 Å². The Morgan fingerprint density at radius 3 is 2.73 bits per heavy atom. The van der Waals surface area contributed by atoms with Gasteiger partial charge in [0.15, 0.2) is 5.82 Å². The van der Waals surface area contributed by atoms with Crippen molar-refractivity contribution in [1.82, 2.24) is 20.4 Å². The van der Waals surface area contributed by atoms with Crippen LogP contribution in [0.4, 0.5) is 0 Å². The fourth-order valence-electron chi connectivity index (χ4n) is 3.14. The molecule has 0 bridgehead atoms. The van der Waals surface area contributed by atoms with E-state index in [0.29, 0.717) is 37.7 Å². The van der Waals surface area contributed by atoms with Crippen LogP contribution in [0.5, 0.6) is 0 Å². The second-order valence-corrected chi connectivity index (χ2v) is 6.14. The molecule has 1 aromatic rings. The van der Waals surface area contributed by atoms with Gasteiger partial charge in [0.05, 0.1) is 5.92 Å². The Morgan fingerprint density at radius 1 is 1.32 bits per heavy atom. The fourth-order valence-corrected chi connectivity index (χ4v) is 3.14. The van der Waals surface area contributed by atoms with Gasteiger partial charge in [-0.1, -0.05) is 18.0 Å². The summed E-state index contributed by atoms with van der Waals surface area (Å²) >= 11 is 0. The lowest BCUT2D eigenvalue weighted by atomic mass is 9.98. The van der Waals surface area contributed by atoms with Gasteiger partial charge in [-0.15, -0.1) is 0 Å². The molecule has 2 amide bonds. The van der Waals surface area contributed by atoms with Gasteiger partial charge in [-0.2, -0.15) is 4.98 Å². The third kappa shape index (κ3) is 3.13. The second kappa shape index (κ2) is 6.46. The minimum atomic E-state index is -0.0636. The van der Waals surface area contributed by atoms with Crippen molar-refractivity contribution in [3.63, 3.8) is 0 Å². The molecule has 120 valence electrons. The molecule has 7 nitrogen and oxygen atoms in total. The standard InChI is InChI=1S/C15H22N4O3/c1-16-15(21)11-8-19(9-11)13(20)7-6-12-17-14(18-22-12)10-4-2-3-5-10/h10-11H,2-9H2,1H3,(H,16,21). The molecule has 1 aliphatic heterocycles. The first-order chi connectivity index (χ1) is 10.7. The van der Waals surface area contributed by atoms with Gasteiger partial charge >= 0.3 is 0 Å². The lowest BCUT2D eigenvalue weighted by Gasteiger charge is -2.38. The predicted octanol–water partition coefficient (Wildman–Crippen LogP) is 0.864. The average molecular weight is 306 g/mol. The molecular weight excluding hydrogens is 284 g/mol. The van der Waals surface area contributed by atoms with Crippen molar-refractivity contribution in [3.8, 4) is 0 Å². The van der Waals surface area contributed by atoms with Crippen LogP contribution in [0.1, 0.15) is 49.7 Å². The Labute approximate surface area is 129 Å². The fraction of sp³-hybridized carbons (Fsp3) is 0.733. The zero-order valence-corrected chi connectivity index (χ0v) is 12.9. The quantitative estimate of drug-likeness (QED) is 0.872. The summed E-state index contributed by atoms with van der Waals surface area (Å²) in [6.07, 6.45) is 5.55. The van der Waals surface area contributed by atoms with E-state index in [0.717, 1.165) is 18.7 Å². The molecule has 1 saturated carbocycles. The Morgan fingerprint density at radius 2 is 2.05 bits per heavy atom. The number of carbonyl (C=O) groups excluding carboxylic acids is 2. The van der Waals surface area contributed by atoms with E-state index in [4.69, 9.17) is 4.52 Å². The van der Waals surface area contributed by atoms with E-state index in [1.54, 1.807) is 11.9 Å². The van der Waals surface area contributed by atoms with Crippen LogP contribution in [0, 0.1) is 5.92 Å². The number of rotatable bonds is 5. The van der Waals surface area contributed by atoms with Gasteiger partial charge in [0.2, 0.25) is 17.7 Å². The molecule has 7 heteroatoms. The monoisotopic (exact) mass is 306 g/mol. The molecule has 0 aromatic carbocycles. The number of amides is 2. The molecule has 1 aliphatic carbocycles. The molecule has 0 spiro atoms.